The number of ether oxygens (including phenoxy) is 2. The molecule has 1 aliphatic heterocycles. The molecule has 5 rings (SSSR count). The number of carbonyl (C=O) groups excluding carboxylic acids is 1. The Morgan fingerprint density at radius 1 is 1.22 bits per heavy atom. The number of hydrogen-bond donors (Lipinski definition) is 3. The van der Waals surface area contributed by atoms with Crippen molar-refractivity contribution in [3.05, 3.63) is 54.1 Å². The monoisotopic (exact) mass is 674 g/mol. The van der Waals surface area contributed by atoms with E-state index in [9.17, 15) is 14.5 Å². The highest BCUT2D eigenvalue weighted by Gasteiger charge is 2.41. The molecule has 2 aromatic heterocycles. The van der Waals surface area contributed by atoms with Gasteiger partial charge in [-0.1, -0.05) is 70.0 Å². The van der Waals surface area contributed by atoms with Crippen molar-refractivity contribution in [1.29, 1.82) is 0 Å². The number of benzene rings is 2. The third-order valence-electron chi connectivity index (χ3n) is 7.58. The fourth-order valence-corrected chi connectivity index (χ4v) is 7.17. The highest BCUT2D eigenvalue weighted by molar-refractivity contribution is 7.52. The lowest BCUT2D eigenvalue weighted by atomic mass is 10.1. The van der Waals surface area contributed by atoms with Crippen molar-refractivity contribution in [3.8, 4) is 5.75 Å². The van der Waals surface area contributed by atoms with Crippen molar-refractivity contribution in [2.45, 2.75) is 77.4 Å². The first-order valence-corrected chi connectivity index (χ1v) is 17.3. The largest absolute Gasteiger partial charge is 0.465 e. The molecule has 1 unspecified atom stereocenters. The number of carbonyl (C=O) groups is 1. The number of anilines is 1. The average molecular weight is 675 g/mol. The molecule has 0 bridgehead atoms. The number of aromatic nitrogens is 4. The van der Waals surface area contributed by atoms with Crippen molar-refractivity contribution < 1.29 is 33.0 Å². The summed E-state index contributed by atoms with van der Waals surface area (Å²) in [6.07, 6.45) is 1.62. The summed E-state index contributed by atoms with van der Waals surface area (Å²) in [4.78, 5) is 25.6. The molecule has 1 saturated heterocycles. The van der Waals surface area contributed by atoms with Crippen LogP contribution >= 0.6 is 19.3 Å². The van der Waals surface area contributed by atoms with E-state index in [1.807, 2.05) is 44.2 Å². The molecule has 0 spiro atoms. The summed E-state index contributed by atoms with van der Waals surface area (Å²) in [5, 5.41) is 15.4. The van der Waals surface area contributed by atoms with E-state index < -0.39 is 38.2 Å². The zero-order chi connectivity index (χ0) is 32.8. The van der Waals surface area contributed by atoms with Crippen LogP contribution in [0.15, 0.2) is 48.8 Å². The van der Waals surface area contributed by atoms with Gasteiger partial charge in [0, 0.05) is 11.8 Å². The summed E-state index contributed by atoms with van der Waals surface area (Å²) in [6, 6.07) is 11.9. The maximum absolute atomic E-state index is 14.6. The summed E-state index contributed by atoms with van der Waals surface area (Å²) in [5.41, 5.74) is 6.50. The van der Waals surface area contributed by atoms with Gasteiger partial charge < -0.3 is 24.8 Å². The molecule has 248 valence electrons. The number of halogens is 1. The molecule has 1 aliphatic rings. The van der Waals surface area contributed by atoms with Gasteiger partial charge in [0.2, 0.25) is 5.28 Å². The number of imidazole rings is 1. The summed E-state index contributed by atoms with van der Waals surface area (Å²) < 4.78 is 39.8. The van der Waals surface area contributed by atoms with Gasteiger partial charge in [-0.25, -0.2) is 19.5 Å². The van der Waals surface area contributed by atoms with Gasteiger partial charge in [0.05, 0.1) is 19.3 Å². The molecule has 13 nitrogen and oxygen atoms in total. The Bertz CT molecular complexity index is 1700. The van der Waals surface area contributed by atoms with E-state index in [4.69, 9.17) is 35.9 Å². The second-order valence-corrected chi connectivity index (χ2v) is 13.7. The molecule has 3 heterocycles. The topological polar surface area (TPSA) is 173 Å². The molecule has 15 heteroatoms. The second kappa shape index (κ2) is 15.1. The molecule has 1 fully saturated rings. The fourth-order valence-electron chi connectivity index (χ4n) is 5.36. The Labute approximate surface area is 272 Å². The minimum atomic E-state index is -4.26. The molecule has 0 aliphatic carbocycles. The summed E-state index contributed by atoms with van der Waals surface area (Å²) in [7, 11) is -4.26. The number of nitrogens with two attached hydrogens (primary N) is 1. The molecule has 5 atom stereocenters. The van der Waals surface area contributed by atoms with Crippen LogP contribution in [0, 0.1) is 5.92 Å². The number of fused-ring (bicyclic) bond motifs is 2. The molecular formula is C31H40ClN6O7P. The van der Waals surface area contributed by atoms with E-state index >= 15 is 0 Å². The molecule has 0 amide bonds. The van der Waals surface area contributed by atoms with E-state index in [-0.39, 0.29) is 42.2 Å². The lowest BCUT2D eigenvalue weighted by Crippen LogP contribution is -2.39. The predicted molar refractivity (Wildman–Crippen MR) is 174 cm³/mol. The first-order valence-electron chi connectivity index (χ1n) is 15.4. The zero-order valence-corrected chi connectivity index (χ0v) is 27.7. The SMILES string of the molecule is CCCCCOC(=O)[C@H](CC(C)C)NP(=O)(OC[C@@H]1C[C@H](O)[C@H](n2c(Cl)nc3c(N)ncnc32)O1)Oc1cccc2ccccc12. The molecular weight excluding hydrogens is 635 g/mol. The minimum Gasteiger partial charge on any atom is -0.465 e. The Hall–Kier alpha value is -3.32. The Balaban J connectivity index is 1.38. The number of hydrogen-bond acceptors (Lipinski definition) is 11. The maximum atomic E-state index is 14.6. The van der Waals surface area contributed by atoms with Gasteiger partial charge in [0.1, 0.15) is 24.2 Å². The predicted octanol–water partition coefficient (Wildman–Crippen LogP) is 5.80. The Morgan fingerprint density at radius 3 is 2.78 bits per heavy atom. The number of nitrogens with zero attached hydrogens (tertiary/aromatic N) is 4. The molecule has 0 radical (unpaired) electrons. The maximum Gasteiger partial charge on any atom is 0.459 e. The van der Waals surface area contributed by atoms with Gasteiger partial charge in [-0.3, -0.25) is 13.9 Å². The van der Waals surface area contributed by atoms with Gasteiger partial charge in [-0.15, -0.1) is 0 Å². The van der Waals surface area contributed by atoms with Gasteiger partial charge >= 0.3 is 13.7 Å². The molecule has 46 heavy (non-hydrogen) atoms. The van der Waals surface area contributed by atoms with Crippen LogP contribution in [-0.4, -0.2) is 62.1 Å². The highest BCUT2D eigenvalue weighted by Crippen LogP contribution is 2.48. The molecule has 2 aromatic carbocycles. The highest BCUT2D eigenvalue weighted by atomic mass is 35.5. The average Bonchev–Trinajstić information content (AvgIpc) is 3.56. The van der Waals surface area contributed by atoms with Crippen LogP contribution in [0.2, 0.25) is 5.28 Å². The van der Waals surface area contributed by atoms with Crippen LogP contribution in [0.4, 0.5) is 5.82 Å². The van der Waals surface area contributed by atoms with Gasteiger partial charge in [-0.05, 0) is 41.8 Å². The standard InChI is InChI=1S/C31H40ClN6O7P/c1-4-5-8-14-42-30(40)23(15-19(2)3)37-46(41,45-25-13-9-11-20-10-6-7-12-22(20)25)43-17-21-16-24(39)29(44-21)38-28-26(36-31(38)32)27(33)34-18-35-28/h6-7,9-13,18-19,21,23-24,29,39H,4-5,8,14-17H2,1-3H3,(H,37,41)(H2,33,34,35)/t21-,23-,24-,29+,46?/m0/s1. The van der Waals surface area contributed by atoms with Crippen molar-refractivity contribution in [3.63, 3.8) is 0 Å². The number of esters is 1. The number of nitrogens with one attached hydrogen (secondary N) is 1. The summed E-state index contributed by atoms with van der Waals surface area (Å²) in [5.74, 6) is -0.0257. The lowest BCUT2D eigenvalue weighted by molar-refractivity contribution is -0.146. The third-order valence-corrected chi connectivity index (χ3v) is 9.40. The van der Waals surface area contributed by atoms with Crippen molar-refractivity contribution in [2.24, 2.45) is 5.92 Å². The van der Waals surface area contributed by atoms with Crippen LogP contribution in [0.5, 0.6) is 5.75 Å². The number of aliphatic hydroxyl groups excluding tert-OH is 1. The fraction of sp³-hybridized carbons (Fsp3) is 0.484. The van der Waals surface area contributed by atoms with Crippen molar-refractivity contribution in [2.75, 3.05) is 18.9 Å². The van der Waals surface area contributed by atoms with Gasteiger partial charge in [0.25, 0.3) is 0 Å². The molecule has 4 aromatic rings. The molecule has 4 N–H and O–H groups in total. The van der Waals surface area contributed by atoms with Crippen LogP contribution in [0.3, 0.4) is 0 Å². The van der Waals surface area contributed by atoms with Crippen LogP contribution in [0.1, 0.15) is 59.1 Å². The van der Waals surface area contributed by atoms with Crippen molar-refractivity contribution in [1.82, 2.24) is 24.6 Å². The van der Waals surface area contributed by atoms with Crippen LogP contribution in [0.25, 0.3) is 21.9 Å². The van der Waals surface area contributed by atoms with Gasteiger partial charge in [0.15, 0.2) is 23.2 Å². The third kappa shape index (κ3) is 7.96. The number of rotatable bonds is 15. The van der Waals surface area contributed by atoms with E-state index in [0.717, 1.165) is 24.6 Å². The lowest BCUT2D eigenvalue weighted by Gasteiger charge is -2.27. The second-order valence-electron chi connectivity index (χ2n) is 11.7. The van der Waals surface area contributed by atoms with E-state index in [0.29, 0.717) is 23.2 Å². The van der Waals surface area contributed by atoms with Gasteiger partial charge in [-0.2, -0.15) is 5.09 Å². The molecule has 0 saturated carbocycles. The van der Waals surface area contributed by atoms with E-state index in [1.165, 1.54) is 10.9 Å². The van der Waals surface area contributed by atoms with E-state index in [2.05, 4.69) is 27.0 Å². The smallest absolute Gasteiger partial charge is 0.459 e. The summed E-state index contributed by atoms with van der Waals surface area (Å²) >= 11 is 6.39. The Kier molecular flexibility index (Phi) is 11.1. The summed E-state index contributed by atoms with van der Waals surface area (Å²) in [6.45, 7) is 5.98. The Morgan fingerprint density at radius 2 is 2.00 bits per heavy atom. The first-order chi connectivity index (χ1) is 22.1. The van der Waals surface area contributed by atoms with Crippen molar-refractivity contribution >= 4 is 53.1 Å². The van der Waals surface area contributed by atoms with Crippen LogP contribution < -0.4 is 15.3 Å². The normalized spacial score (nSPS) is 20.3. The first kappa shape index (κ1) is 34.0. The number of nitrogen functional groups attached to an aromatic ring is 1. The van der Waals surface area contributed by atoms with E-state index in [1.54, 1.807) is 12.1 Å². The quantitative estimate of drug-likeness (QED) is 0.0599. The zero-order valence-electron chi connectivity index (χ0n) is 26.0. The number of aliphatic hydroxyl groups is 1. The minimum absolute atomic E-state index is 0.00780. The van der Waals surface area contributed by atoms with Crippen LogP contribution in [-0.2, 0) is 23.4 Å². The number of unbranched alkanes of at least 4 members (excludes halogenated alkanes) is 2.